The number of amides is 3. The van der Waals surface area contributed by atoms with Gasteiger partial charge in [-0.15, -0.1) is 0 Å². The van der Waals surface area contributed by atoms with Crippen molar-refractivity contribution in [2.24, 2.45) is 5.41 Å². The summed E-state index contributed by atoms with van der Waals surface area (Å²) in [6, 6.07) is 1.48. The van der Waals surface area contributed by atoms with Gasteiger partial charge in [0.2, 0.25) is 17.7 Å². The first kappa shape index (κ1) is 17.2. The Morgan fingerprint density at radius 2 is 1.90 bits per heavy atom. The van der Waals surface area contributed by atoms with Gasteiger partial charge < -0.3 is 4.90 Å². The van der Waals surface area contributed by atoms with Crippen LogP contribution < -0.4 is 5.32 Å². The Morgan fingerprint density at radius 3 is 2.33 bits per heavy atom. The molecule has 6 heteroatoms. The lowest BCUT2D eigenvalue weighted by molar-refractivity contribution is -0.154. The number of imide groups is 1. The number of carbonyl (C=O) groups is 3. The van der Waals surface area contributed by atoms with E-state index < -0.39 is 23.3 Å². The SMILES string of the molecule is CCCC(C#N)(CCC)C(=O)N1CC(=O)NC(=O)C1CC. The monoisotopic (exact) mass is 293 g/mol. The predicted molar refractivity (Wildman–Crippen MR) is 76.8 cm³/mol. The zero-order chi connectivity index (χ0) is 16.0. The standard InChI is InChI=1S/C15H23N3O3/c1-4-7-15(10-16,8-5-2)14(21)18-9-12(19)17-13(20)11(18)6-3/h11H,4-9H2,1-3H3,(H,17,19,20). The molecule has 0 aromatic heterocycles. The molecule has 6 nitrogen and oxygen atoms in total. The Labute approximate surface area is 125 Å². The van der Waals surface area contributed by atoms with Gasteiger partial charge in [-0.25, -0.2) is 0 Å². The van der Waals surface area contributed by atoms with Gasteiger partial charge in [-0.2, -0.15) is 5.26 Å². The predicted octanol–water partition coefficient (Wildman–Crippen LogP) is 1.36. The first-order valence-corrected chi connectivity index (χ1v) is 7.51. The molecule has 1 heterocycles. The minimum absolute atomic E-state index is 0.153. The van der Waals surface area contributed by atoms with Crippen molar-refractivity contribution in [3.05, 3.63) is 0 Å². The van der Waals surface area contributed by atoms with Crippen molar-refractivity contribution in [1.82, 2.24) is 10.2 Å². The van der Waals surface area contributed by atoms with Crippen LogP contribution in [0.1, 0.15) is 52.9 Å². The maximum Gasteiger partial charge on any atom is 0.249 e. The number of hydrogen-bond acceptors (Lipinski definition) is 4. The van der Waals surface area contributed by atoms with Crippen LogP contribution in [0.15, 0.2) is 0 Å². The Bertz CT molecular complexity index is 461. The van der Waals surface area contributed by atoms with E-state index >= 15 is 0 Å². The molecule has 1 fully saturated rings. The van der Waals surface area contributed by atoms with Gasteiger partial charge in [0.05, 0.1) is 6.07 Å². The maximum absolute atomic E-state index is 12.9. The summed E-state index contributed by atoms with van der Waals surface area (Å²) in [6.07, 6.45) is 2.70. The summed E-state index contributed by atoms with van der Waals surface area (Å²) in [7, 11) is 0. The third-order valence-electron chi connectivity index (χ3n) is 3.88. The fourth-order valence-electron chi connectivity index (χ4n) is 2.91. The van der Waals surface area contributed by atoms with E-state index in [-0.39, 0.29) is 12.5 Å². The van der Waals surface area contributed by atoms with Crippen molar-refractivity contribution in [1.29, 1.82) is 5.26 Å². The second-order valence-electron chi connectivity index (χ2n) is 5.46. The van der Waals surface area contributed by atoms with Crippen molar-refractivity contribution < 1.29 is 14.4 Å². The molecule has 1 saturated heterocycles. The number of nitriles is 1. The van der Waals surface area contributed by atoms with Crippen molar-refractivity contribution >= 4 is 17.7 Å². The van der Waals surface area contributed by atoms with Crippen LogP contribution in [-0.2, 0) is 14.4 Å². The molecule has 3 amide bonds. The molecule has 1 rings (SSSR count). The molecule has 1 atom stereocenters. The summed E-state index contributed by atoms with van der Waals surface area (Å²) < 4.78 is 0. The average Bonchev–Trinajstić information content (AvgIpc) is 2.45. The molecule has 0 aromatic rings. The second-order valence-corrected chi connectivity index (χ2v) is 5.46. The molecular formula is C15H23N3O3. The largest absolute Gasteiger partial charge is 0.320 e. The summed E-state index contributed by atoms with van der Waals surface area (Å²) in [5.74, 6) is -1.33. The third kappa shape index (κ3) is 3.41. The third-order valence-corrected chi connectivity index (χ3v) is 3.88. The van der Waals surface area contributed by atoms with Gasteiger partial charge in [0.25, 0.3) is 0 Å². The first-order valence-electron chi connectivity index (χ1n) is 7.51. The van der Waals surface area contributed by atoms with E-state index in [2.05, 4.69) is 11.4 Å². The molecule has 1 aliphatic heterocycles. The van der Waals surface area contributed by atoms with Crippen LogP contribution in [0.3, 0.4) is 0 Å². The topological polar surface area (TPSA) is 90.3 Å². The number of nitrogens with one attached hydrogen (secondary N) is 1. The Balaban J connectivity index is 3.13. The van der Waals surface area contributed by atoms with Gasteiger partial charge in [-0.1, -0.05) is 33.6 Å². The zero-order valence-electron chi connectivity index (χ0n) is 12.9. The zero-order valence-corrected chi connectivity index (χ0v) is 12.9. The van der Waals surface area contributed by atoms with E-state index in [1.807, 2.05) is 13.8 Å². The molecule has 0 spiro atoms. The number of piperazine rings is 1. The fourth-order valence-corrected chi connectivity index (χ4v) is 2.91. The van der Waals surface area contributed by atoms with Crippen molar-refractivity contribution in [2.75, 3.05) is 6.54 Å². The molecule has 1 unspecified atom stereocenters. The molecular weight excluding hydrogens is 270 g/mol. The van der Waals surface area contributed by atoms with Crippen LogP contribution in [0.2, 0.25) is 0 Å². The van der Waals surface area contributed by atoms with E-state index in [1.54, 1.807) is 6.92 Å². The number of hydrogen-bond donors (Lipinski definition) is 1. The Kier molecular flexibility index (Phi) is 5.89. The molecule has 0 radical (unpaired) electrons. The molecule has 116 valence electrons. The van der Waals surface area contributed by atoms with Crippen molar-refractivity contribution in [3.63, 3.8) is 0 Å². The highest BCUT2D eigenvalue weighted by atomic mass is 16.2. The molecule has 0 bridgehead atoms. The van der Waals surface area contributed by atoms with Crippen LogP contribution in [-0.4, -0.2) is 35.2 Å². The van der Waals surface area contributed by atoms with Crippen molar-refractivity contribution in [2.45, 2.75) is 58.9 Å². The summed E-state index contributed by atoms with van der Waals surface area (Å²) in [5.41, 5.74) is -1.13. The van der Waals surface area contributed by atoms with E-state index in [0.29, 0.717) is 32.1 Å². The highest BCUT2D eigenvalue weighted by Gasteiger charge is 2.45. The molecule has 1 aliphatic rings. The summed E-state index contributed by atoms with van der Waals surface area (Å²) in [4.78, 5) is 37.6. The molecule has 0 aliphatic carbocycles. The normalized spacial score (nSPS) is 19.1. The van der Waals surface area contributed by atoms with Gasteiger partial charge in [0, 0.05) is 0 Å². The second kappa shape index (κ2) is 7.21. The van der Waals surface area contributed by atoms with E-state index in [0.717, 1.165) is 0 Å². The summed E-state index contributed by atoms with van der Waals surface area (Å²) in [6.45, 7) is 5.47. The maximum atomic E-state index is 12.9. The summed E-state index contributed by atoms with van der Waals surface area (Å²) >= 11 is 0. The first-order chi connectivity index (χ1) is 9.95. The highest BCUT2D eigenvalue weighted by Crippen LogP contribution is 2.33. The van der Waals surface area contributed by atoms with Crippen LogP contribution in [0, 0.1) is 16.7 Å². The quantitative estimate of drug-likeness (QED) is 0.749. The van der Waals surface area contributed by atoms with Gasteiger partial charge in [0.15, 0.2) is 0 Å². The summed E-state index contributed by atoms with van der Waals surface area (Å²) in [5, 5.41) is 11.8. The van der Waals surface area contributed by atoms with Crippen LogP contribution in [0.4, 0.5) is 0 Å². The minimum atomic E-state index is -1.13. The molecule has 0 saturated carbocycles. The smallest absolute Gasteiger partial charge is 0.249 e. The lowest BCUT2D eigenvalue weighted by Gasteiger charge is -2.38. The number of nitrogens with zero attached hydrogens (tertiary/aromatic N) is 2. The van der Waals surface area contributed by atoms with E-state index in [9.17, 15) is 19.6 Å². The molecule has 1 N–H and O–H groups in total. The van der Waals surface area contributed by atoms with E-state index in [1.165, 1.54) is 4.90 Å². The van der Waals surface area contributed by atoms with Gasteiger partial charge in [0.1, 0.15) is 18.0 Å². The van der Waals surface area contributed by atoms with Crippen LogP contribution in [0.5, 0.6) is 0 Å². The number of rotatable bonds is 6. The molecule has 21 heavy (non-hydrogen) atoms. The van der Waals surface area contributed by atoms with Gasteiger partial charge >= 0.3 is 0 Å². The molecule has 0 aromatic carbocycles. The van der Waals surface area contributed by atoms with Gasteiger partial charge in [-0.3, -0.25) is 19.7 Å². The fraction of sp³-hybridized carbons (Fsp3) is 0.733. The van der Waals surface area contributed by atoms with Crippen LogP contribution >= 0.6 is 0 Å². The van der Waals surface area contributed by atoms with Crippen LogP contribution in [0.25, 0.3) is 0 Å². The number of carbonyl (C=O) groups excluding carboxylic acids is 3. The van der Waals surface area contributed by atoms with Crippen molar-refractivity contribution in [3.8, 4) is 6.07 Å². The Morgan fingerprint density at radius 1 is 1.33 bits per heavy atom. The highest BCUT2D eigenvalue weighted by molar-refractivity contribution is 6.05. The minimum Gasteiger partial charge on any atom is -0.320 e. The average molecular weight is 293 g/mol. The van der Waals surface area contributed by atoms with E-state index in [4.69, 9.17) is 0 Å². The Hall–Kier alpha value is -1.90. The lowest BCUT2D eigenvalue weighted by atomic mass is 9.78. The van der Waals surface area contributed by atoms with Gasteiger partial charge in [-0.05, 0) is 19.3 Å². The lowest BCUT2D eigenvalue weighted by Crippen LogP contribution is -2.62.